The first-order valence-corrected chi connectivity index (χ1v) is 12.6. The summed E-state index contributed by atoms with van der Waals surface area (Å²) in [6, 6.07) is 6.69. The Hall–Kier alpha value is -3.62. The maximum atomic E-state index is 13.2. The second kappa shape index (κ2) is 15.0. The Morgan fingerprint density at radius 2 is 1.76 bits per heavy atom. The molecule has 0 aromatic heterocycles. The Bertz CT molecular complexity index is 985. The van der Waals surface area contributed by atoms with Crippen molar-refractivity contribution >= 4 is 29.6 Å². The van der Waals surface area contributed by atoms with Crippen LogP contribution in [0.1, 0.15) is 46.1 Å². The summed E-state index contributed by atoms with van der Waals surface area (Å²) in [5.41, 5.74) is -0.876. The zero-order valence-corrected chi connectivity index (χ0v) is 22.3. The summed E-state index contributed by atoms with van der Waals surface area (Å²) in [4.78, 5) is 51.5. The minimum atomic E-state index is -2.13. The molecular weight excluding hydrogens is 496 g/mol. The quantitative estimate of drug-likeness (QED) is 0.126. The topological polar surface area (TPSA) is 130 Å². The highest BCUT2D eigenvalue weighted by Gasteiger charge is 2.51. The number of urea groups is 1. The van der Waals surface area contributed by atoms with Crippen molar-refractivity contribution < 1.29 is 42.9 Å². The maximum absolute atomic E-state index is 13.2. The van der Waals surface area contributed by atoms with E-state index in [-0.39, 0.29) is 38.7 Å². The Morgan fingerprint density at radius 1 is 1.13 bits per heavy atom. The van der Waals surface area contributed by atoms with E-state index in [4.69, 9.17) is 30.1 Å². The monoisotopic (exact) mass is 532 g/mol. The zero-order valence-electron chi connectivity index (χ0n) is 22.3. The third-order valence-corrected chi connectivity index (χ3v) is 5.52. The van der Waals surface area contributed by atoms with Gasteiger partial charge in [-0.25, -0.2) is 14.4 Å². The molecule has 2 amide bonds. The van der Waals surface area contributed by atoms with E-state index in [0.717, 1.165) is 6.42 Å². The van der Waals surface area contributed by atoms with Crippen LogP contribution in [0.2, 0.25) is 0 Å². The van der Waals surface area contributed by atoms with E-state index in [1.807, 2.05) is 0 Å². The molecule has 0 saturated carbocycles. The summed E-state index contributed by atoms with van der Waals surface area (Å²) in [6.45, 7) is 7.05. The highest BCUT2D eigenvalue weighted by molar-refractivity contribution is 6.04. The number of rotatable bonds is 14. The van der Waals surface area contributed by atoms with Gasteiger partial charge in [0, 0.05) is 32.1 Å². The number of carbonyl (C=O) groups excluding carboxylic acids is 4. The average molecular weight is 533 g/mol. The molecule has 1 heterocycles. The molecule has 38 heavy (non-hydrogen) atoms. The molecule has 208 valence electrons. The van der Waals surface area contributed by atoms with Crippen molar-refractivity contribution in [3.63, 3.8) is 0 Å². The lowest BCUT2D eigenvalue weighted by Gasteiger charge is -2.31. The van der Waals surface area contributed by atoms with Gasteiger partial charge < -0.3 is 29.0 Å². The van der Waals surface area contributed by atoms with Gasteiger partial charge in [-0.1, -0.05) is 12.1 Å². The van der Waals surface area contributed by atoms with E-state index in [1.54, 1.807) is 49.9 Å². The van der Waals surface area contributed by atoms with Crippen LogP contribution in [0.4, 0.5) is 10.5 Å². The SMILES string of the molecule is C#CCC(OC(C)=O)OC(C)COC(Cc1ccc(N2CCCNC2=O)cc1)(C(=O)OCC)C(=O)OCC. The summed E-state index contributed by atoms with van der Waals surface area (Å²) in [5, 5.41) is 2.79. The van der Waals surface area contributed by atoms with E-state index in [2.05, 4.69) is 11.2 Å². The van der Waals surface area contributed by atoms with Crippen molar-refractivity contribution in [2.45, 2.75) is 65.0 Å². The number of nitrogens with zero attached hydrogens (tertiary/aromatic N) is 1. The number of anilines is 1. The standard InChI is InChI=1S/C27H36N2O9/c1-6-10-23(38-20(5)30)37-19(4)18-36-27(24(31)34-7-2,25(32)35-8-3)17-21-11-13-22(14-12-21)29-16-9-15-28-26(29)33/h1,11-14,19,23H,7-10,15-18H2,2-5H3,(H,28,33). The number of hydrogen-bond donors (Lipinski definition) is 1. The smallest absolute Gasteiger partial charge is 0.350 e. The number of ether oxygens (including phenoxy) is 5. The third kappa shape index (κ3) is 8.46. The molecule has 11 nitrogen and oxygen atoms in total. The number of esters is 3. The van der Waals surface area contributed by atoms with Gasteiger partial charge in [0.05, 0.1) is 32.3 Å². The Morgan fingerprint density at radius 3 is 2.29 bits per heavy atom. The Labute approximate surface area is 223 Å². The van der Waals surface area contributed by atoms with Crippen molar-refractivity contribution in [1.29, 1.82) is 0 Å². The summed E-state index contributed by atoms with van der Waals surface area (Å²) in [6.07, 6.45) is 4.21. The van der Waals surface area contributed by atoms with Crippen molar-refractivity contribution in [2.75, 3.05) is 37.8 Å². The fourth-order valence-corrected chi connectivity index (χ4v) is 3.81. The molecule has 1 saturated heterocycles. The molecule has 0 radical (unpaired) electrons. The minimum Gasteiger partial charge on any atom is -0.463 e. The fraction of sp³-hybridized carbons (Fsp3) is 0.556. The van der Waals surface area contributed by atoms with Crippen LogP contribution in [-0.4, -0.2) is 74.8 Å². The normalized spacial score (nSPS) is 15.0. The van der Waals surface area contributed by atoms with Gasteiger partial charge in [0.15, 0.2) is 0 Å². The van der Waals surface area contributed by atoms with Gasteiger partial charge in [-0.05, 0) is 44.9 Å². The lowest BCUT2D eigenvalue weighted by atomic mass is 9.93. The summed E-state index contributed by atoms with van der Waals surface area (Å²) in [5.74, 6) is -0.0318. The summed E-state index contributed by atoms with van der Waals surface area (Å²) < 4.78 is 27.1. The molecule has 2 unspecified atom stereocenters. The van der Waals surface area contributed by atoms with Crippen LogP contribution in [-0.2, 0) is 44.5 Å². The van der Waals surface area contributed by atoms with Crippen LogP contribution in [0.3, 0.4) is 0 Å². The third-order valence-electron chi connectivity index (χ3n) is 5.52. The molecule has 1 N–H and O–H groups in total. The summed E-state index contributed by atoms with van der Waals surface area (Å²) in [7, 11) is 0. The Balaban J connectivity index is 2.29. The van der Waals surface area contributed by atoms with Gasteiger partial charge in [0.25, 0.3) is 5.60 Å². The molecule has 2 rings (SSSR count). The molecule has 1 fully saturated rings. The largest absolute Gasteiger partial charge is 0.463 e. The van der Waals surface area contributed by atoms with Gasteiger partial charge in [-0.2, -0.15) is 0 Å². The fourth-order valence-electron chi connectivity index (χ4n) is 3.81. The molecule has 1 aromatic carbocycles. The van der Waals surface area contributed by atoms with E-state index >= 15 is 0 Å². The minimum absolute atomic E-state index is 0.00616. The van der Waals surface area contributed by atoms with Gasteiger partial charge in [0.2, 0.25) is 6.29 Å². The van der Waals surface area contributed by atoms with Crippen molar-refractivity contribution in [3.8, 4) is 12.3 Å². The van der Waals surface area contributed by atoms with Gasteiger partial charge in [-0.3, -0.25) is 9.69 Å². The molecular formula is C27H36N2O9. The van der Waals surface area contributed by atoms with Crippen molar-refractivity contribution in [3.05, 3.63) is 29.8 Å². The van der Waals surface area contributed by atoms with Gasteiger partial charge >= 0.3 is 23.9 Å². The van der Waals surface area contributed by atoms with E-state index in [1.165, 1.54) is 6.92 Å². The first-order chi connectivity index (χ1) is 18.2. The number of hydrogen-bond acceptors (Lipinski definition) is 9. The van der Waals surface area contributed by atoms with E-state index in [9.17, 15) is 19.2 Å². The van der Waals surface area contributed by atoms with E-state index in [0.29, 0.717) is 24.3 Å². The highest BCUT2D eigenvalue weighted by Crippen LogP contribution is 2.26. The first kappa shape index (κ1) is 30.6. The predicted octanol–water partition coefficient (Wildman–Crippen LogP) is 2.35. The number of nitrogens with one attached hydrogen (secondary N) is 1. The Kier molecular flexibility index (Phi) is 12.0. The van der Waals surface area contributed by atoms with Gasteiger partial charge in [0.1, 0.15) is 0 Å². The maximum Gasteiger partial charge on any atom is 0.350 e. The number of terminal acetylenes is 1. The molecule has 0 aliphatic carbocycles. The lowest BCUT2D eigenvalue weighted by molar-refractivity contribution is -0.207. The van der Waals surface area contributed by atoms with Crippen molar-refractivity contribution in [2.24, 2.45) is 0 Å². The molecule has 2 atom stereocenters. The molecule has 1 aliphatic heterocycles. The predicted molar refractivity (Wildman–Crippen MR) is 137 cm³/mol. The van der Waals surface area contributed by atoms with Crippen LogP contribution in [0.15, 0.2) is 24.3 Å². The van der Waals surface area contributed by atoms with Crippen LogP contribution < -0.4 is 10.2 Å². The molecule has 1 aromatic rings. The average Bonchev–Trinajstić information content (AvgIpc) is 2.87. The number of carbonyl (C=O) groups is 4. The molecule has 1 aliphatic rings. The van der Waals surface area contributed by atoms with E-state index < -0.39 is 35.9 Å². The zero-order chi connectivity index (χ0) is 28.1. The van der Waals surface area contributed by atoms with Crippen LogP contribution >= 0.6 is 0 Å². The second-order valence-corrected chi connectivity index (χ2v) is 8.55. The van der Waals surface area contributed by atoms with Gasteiger partial charge in [-0.15, -0.1) is 12.3 Å². The van der Waals surface area contributed by atoms with Crippen LogP contribution in [0.5, 0.6) is 0 Å². The second-order valence-electron chi connectivity index (χ2n) is 8.55. The molecule has 0 spiro atoms. The molecule has 11 heteroatoms. The highest BCUT2D eigenvalue weighted by atomic mass is 16.7. The molecule has 0 bridgehead atoms. The van der Waals surface area contributed by atoms with Crippen LogP contribution in [0.25, 0.3) is 0 Å². The summed E-state index contributed by atoms with van der Waals surface area (Å²) >= 11 is 0. The number of benzene rings is 1. The van der Waals surface area contributed by atoms with Crippen molar-refractivity contribution in [1.82, 2.24) is 5.32 Å². The van der Waals surface area contributed by atoms with Crippen LogP contribution in [0, 0.1) is 12.3 Å². The lowest BCUT2D eigenvalue weighted by Crippen LogP contribution is -2.54. The first-order valence-electron chi connectivity index (χ1n) is 12.6. The number of amides is 2.